The van der Waals surface area contributed by atoms with Gasteiger partial charge in [-0.05, 0) is 73.2 Å². The number of aryl methyl sites for hydroxylation is 1. The van der Waals surface area contributed by atoms with Crippen LogP contribution in [0, 0.1) is 13.8 Å². The molecule has 0 bridgehead atoms. The molecule has 2 amide bonds. The second-order valence-corrected chi connectivity index (χ2v) is 11.6. The standard InChI is InChI=1S/C36H34N6O2.2ClH/c1-22-33(39-23(2)34(22)36(44)40-28-15-26(18-37-20-28)24-9-5-3-6-10-24)17-31-30-16-25(13-14-32(30)41-35(31)43)27-19-38-42(21-27)29-11-7-4-8-12-29;;/h3-14,16-17,19,21,26,28,37,39H,15,18,20H2,1-2H3,(H,40,44)(H,41,43);2*1H/b31-17-;;. The van der Waals surface area contributed by atoms with Gasteiger partial charge in [-0.25, -0.2) is 4.68 Å². The number of nitrogens with zero attached hydrogens (tertiary/aromatic N) is 2. The molecule has 1 saturated heterocycles. The minimum Gasteiger partial charge on any atom is -0.358 e. The Morgan fingerprint density at radius 2 is 1.70 bits per heavy atom. The Morgan fingerprint density at radius 3 is 2.46 bits per heavy atom. The highest BCUT2D eigenvalue weighted by molar-refractivity contribution is 6.35. The number of para-hydroxylation sites is 1. The van der Waals surface area contributed by atoms with Gasteiger partial charge in [0.2, 0.25) is 0 Å². The van der Waals surface area contributed by atoms with E-state index >= 15 is 0 Å². The lowest BCUT2D eigenvalue weighted by Crippen LogP contribution is -2.48. The van der Waals surface area contributed by atoms with Crippen molar-refractivity contribution in [2.45, 2.75) is 32.2 Å². The average molecular weight is 656 g/mol. The van der Waals surface area contributed by atoms with Gasteiger partial charge < -0.3 is 20.9 Å². The van der Waals surface area contributed by atoms with Crippen molar-refractivity contribution in [1.29, 1.82) is 0 Å². The van der Waals surface area contributed by atoms with E-state index in [4.69, 9.17) is 0 Å². The van der Waals surface area contributed by atoms with E-state index in [2.05, 4.69) is 50.3 Å². The number of carbonyl (C=O) groups is 2. The van der Waals surface area contributed by atoms with Crippen LogP contribution in [0.3, 0.4) is 0 Å². The fourth-order valence-corrected chi connectivity index (χ4v) is 6.40. The van der Waals surface area contributed by atoms with Gasteiger partial charge in [0.15, 0.2) is 0 Å². The van der Waals surface area contributed by atoms with Gasteiger partial charge in [-0.1, -0.05) is 54.6 Å². The zero-order chi connectivity index (χ0) is 30.2. The van der Waals surface area contributed by atoms with Crippen LogP contribution in [-0.4, -0.2) is 45.7 Å². The monoisotopic (exact) mass is 654 g/mol. The predicted molar refractivity (Wildman–Crippen MR) is 188 cm³/mol. The van der Waals surface area contributed by atoms with Crippen molar-refractivity contribution in [3.05, 3.63) is 125 Å². The number of benzene rings is 3. The van der Waals surface area contributed by atoms with Gasteiger partial charge in [0.05, 0.1) is 23.0 Å². The first kappa shape index (κ1) is 32.8. The molecule has 1 fully saturated rings. The molecule has 2 unspecified atom stereocenters. The number of hydrogen-bond donors (Lipinski definition) is 4. The molecule has 4 N–H and O–H groups in total. The molecule has 4 heterocycles. The average Bonchev–Trinajstić information content (AvgIpc) is 3.74. The number of aromatic nitrogens is 3. The number of nitrogens with one attached hydrogen (secondary N) is 4. The maximum absolute atomic E-state index is 13.6. The number of fused-ring (bicyclic) bond motifs is 1. The summed E-state index contributed by atoms with van der Waals surface area (Å²) in [6.45, 7) is 5.47. The Bertz CT molecular complexity index is 1900. The van der Waals surface area contributed by atoms with E-state index in [0.717, 1.165) is 64.5 Å². The summed E-state index contributed by atoms with van der Waals surface area (Å²) in [6, 6.07) is 26.3. The molecule has 0 aliphatic carbocycles. The summed E-state index contributed by atoms with van der Waals surface area (Å²) in [5.74, 6) is 0.0768. The number of carbonyl (C=O) groups excluding carboxylic acids is 2. The van der Waals surface area contributed by atoms with Crippen LogP contribution < -0.4 is 16.0 Å². The number of rotatable bonds is 6. The summed E-state index contributed by atoms with van der Waals surface area (Å²) in [4.78, 5) is 30.0. The molecule has 7 rings (SSSR count). The Kier molecular flexibility index (Phi) is 9.82. The molecule has 5 aromatic rings. The molecule has 2 aliphatic rings. The number of H-pyrrole nitrogens is 1. The minimum atomic E-state index is -0.171. The zero-order valence-corrected chi connectivity index (χ0v) is 27.2. The molecule has 3 aromatic carbocycles. The van der Waals surface area contributed by atoms with Crippen molar-refractivity contribution in [2.75, 3.05) is 18.4 Å². The van der Waals surface area contributed by atoms with Crippen LogP contribution in [-0.2, 0) is 4.79 Å². The fourth-order valence-electron chi connectivity index (χ4n) is 6.40. The number of piperidine rings is 1. The molecule has 10 heteroatoms. The van der Waals surface area contributed by atoms with Crippen LogP contribution in [0.5, 0.6) is 0 Å². The Hall–Kier alpha value is -4.63. The van der Waals surface area contributed by atoms with Crippen LogP contribution in [0.2, 0.25) is 0 Å². The minimum absolute atomic E-state index is 0. The second kappa shape index (κ2) is 13.8. The first-order chi connectivity index (χ1) is 21.4. The van der Waals surface area contributed by atoms with E-state index in [0.29, 0.717) is 17.1 Å². The van der Waals surface area contributed by atoms with Crippen LogP contribution in [0.1, 0.15) is 50.8 Å². The lowest BCUT2D eigenvalue weighted by Gasteiger charge is -2.31. The van der Waals surface area contributed by atoms with E-state index < -0.39 is 0 Å². The first-order valence-corrected chi connectivity index (χ1v) is 15.0. The van der Waals surface area contributed by atoms with Gasteiger partial charge in [-0.3, -0.25) is 9.59 Å². The molecule has 2 atom stereocenters. The summed E-state index contributed by atoms with van der Waals surface area (Å²) in [7, 11) is 0. The SMILES string of the molecule is Cc1[nH]c(/C=C2\C(=O)Nc3ccc(-c4cnn(-c5ccccc5)c4)cc32)c(C)c1C(=O)NC1CNCC(c2ccccc2)C1.Cl.Cl. The quantitative estimate of drug-likeness (QED) is 0.153. The van der Waals surface area contributed by atoms with Crippen molar-refractivity contribution in [1.82, 2.24) is 25.4 Å². The number of amides is 2. The van der Waals surface area contributed by atoms with Crippen molar-refractivity contribution >= 4 is 54.0 Å². The maximum Gasteiger partial charge on any atom is 0.256 e. The summed E-state index contributed by atoms with van der Waals surface area (Å²) >= 11 is 0. The number of aromatic amines is 1. The van der Waals surface area contributed by atoms with Gasteiger partial charge in [-0.15, -0.1) is 24.8 Å². The van der Waals surface area contributed by atoms with E-state index in [1.165, 1.54) is 5.56 Å². The van der Waals surface area contributed by atoms with Crippen molar-refractivity contribution < 1.29 is 9.59 Å². The normalized spacial score (nSPS) is 17.9. The second-order valence-electron chi connectivity index (χ2n) is 11.6. The molecule has 0 radical (unpaired) electrons. The van der Waals surface area contributed by atoms with Crippen LogP contribution in [0.15, 0.2) is 91.3 Å². The van der Waals surface area contributed by atoms with E-state index in [-0.39, 0.29) is 42.7 Å². The molecule has 0 saturated carbocycles. The molecule has 2 aromatic heterocycles. The van der Waals surface area contributed by atoms with Gasteiger partial charge >= 0.3 is 0 Å². The number of anilines is 1. The third-order valence-corrected chi connectivity index (χ3v) is 8.69. The van der Waals surface area contributed by atoms with Crippen molar-refractivity contribution in [3.63, 3.8) is 0 Å². The molecule has 2 aliphatic heterocycles. The van der Waals surface area contributed by atoms with E-state index in [9.17, 15) is 9.59 Å². The summed E-state index contributed by atoms with van der Waals surface area (Å²) in [5, 5.41) is 14.3. The van der Waals surface area contributed by atoms with Gasteiger partial charge in [0, 0.05) is 53.5 Å². The zero-order valence-electron chi connectivity index (χ0n) is 25.5. The molecule has 8 nitrogen and oxygen atoms in total. The Morgan fingerprint density at radius 1 is 0.957 bits per heavy atom. The van der Waals surface area contributed by atoms with Gasteiger partial charge in [0.1, 0.15) is 0 Å². The third kappa shape index (κ3) is 6.37. The maximum atomic E-state index is 13.6. The Balaban J connectivity index is 0.00000208. The van der Waals surface area contributed by atoms with Crippen molar-refractivity contribution in [2.24, 2.45) is 0 Å². The lowest BCUT2D eigenvalue weighted by molar-refractivity contribution is -0.110. The van der Waals surface area contributed by atoms with Gasteiger partial charge in [0.25, 0.3) is 11.8 Å². The fraction of sp³-hybridized carbons (Fsp3) is 0.194. The van der Waals surface area contributed by atoms with Gasteiger partial charge in [-0.2, -0.15) is 5.10 Å². The topological polar surface area (TPSA) is 104 Å². The number of hydrogen-bond acceptors (Lipinski definition) is 4. The van der Waals surface area contributed by atoms with E-state index in [1.807, 2.05) is 91.6 Å². The first-order valence-electron chi connectivity index (χ1n) is 15.0. The predicted octanol–water partition coefficient (Wildman–Crippen LogP) is 6.70. The molecule has 46 heavy (non-hydrogen) atoms. The number of halogens is 2. The highest BCUT2D eigenvalue weighted by atomic mass is 35.5. The molecule has 236 valence electrons. The van der Waals surface area contributed by atoms with Crippen LogP contribution in [0.25, 0.3) is 28.5 Å². The lowest BCUT2D eigenvalue weighted by atomic mass is 9.89. The summed E-state index contributed by atoms with van der Waals surface area (Å²) in [6.07, 6.45) is 6.55. The summed E-state index contributed by atoms with van der Waals surface area (Å²) < 4.78 is 1.84. The van der Waals surface area contributed by atoms with E-state index in [1.54, 1.807) is 0 Å². The summed E-state index contributed by atoms with van der Waals surface area (Å²) in [5.41, 5.74) is 9.27. The highest BCUT2D eigenvalue weighted by Gasteiger charge is 2.28. The highest BCUT2D eigenvalue weighted by Crippen LogP contribution is 2.37. The van der Waals surface area contributed by atoms with Crippen LogP contribution in [0.4, 0.5) is 5.69 Å². The molecule has 0 spiro atoms. The smallest absolute Gasteiger partial charge is 0.256 e. The molecular formula is C36H36Cl2N6O2. The molecular weight excluding hydrogens is 619 g/mol. The van der Waals surface area contributed by atoms with Crippen LogP contribution >= 0.6 is 24.8 Å². The third-order valence-electron chi connectivity index (χ3n) is 8.69. The largest absolute Gasteiger partial charge is 0.358 e. The van der Waals surface area contributed by atoms with Crippen molar-refractivity contribution in [3.8, 4) is 16.8 Å². The Labute approximate surface area is 280 Å².